The van der Waals surface area contributed by atoms with E-state index in [1.54, 1.807) is 0 Å². The maximum absolute atomic E-state index is 11.9. The number of ether oxygens (including phenoxy) is 2. The molecule has 3 aliphatic rings. The summed E-state index contributed by atoms with van der Waals surface area (Å²) < 4.78 is 11.1. The van der Waals surface area contributed by atoms with Crippen LogP contribution in [0.2, 0.25) is 0 Å². The van der Waals surface area contributed by atoms with Gasteiger partial charge in [-0.3, -0.25) is 4.79 Å². The first-order valence-electron chi connectivity index (χ1n) is 8.41. The van der Waals surface area contributed by atoms with Crippen molar-refractivity contribution in [3.05, 3.63) is 34.6 Å². The van der Waals surface area contributed by atoms with Crippen LogP contribution in [0.15, 0.2) is 34.6 Å². The summed E-state index contributed by atoms with van der Waals surface area (Å²) in [4.78, 5) is 23.7. The molecule has 0 fully saturated rings. The summed E-state index contributed by atoms with van der Waals surface area (Å²) in [5.74, 6) is 0.529. The van der Waals surface area contributed by atoms with Crippen molar-refractivity contribution in [1.82, 2.24) is 0 Å². The smallest absolute Gasteiger partial charge is 0.339 e. The van der Waals surface area contributed by atoms with E-state index in [-0.39, 0.29) is 29.4 Å². The highest BCUT2D eigenvalue weighted by molar-refractivity contribution is 5.94. The van der Waals surface area contributed by atoms with Crippen LogP contribution in [0.4, 0.5) is 0 Å². The van der Waals surface area contributed by atoms with Crippen molar-refractivity contribution >= 4 is 11.9 Å². The van der Waals surface area contributed by atoms with E-state index in [4.69, 9.17) is 9.47 Å². The number of carbonyl (C=O) groups excluding carboxylic acids is 2. The van der Waals surface area contributed by atoms with Gasteiger partial charge in [0.2, 0.25) is 0 Å². The van der Waals surface area contributed by atoms with Gasteiger partial charge < -0.3 is 9.47 Å². The molecule has 0 aromatic heterocycles. The van der Waals surface area contributed by atoms with Crippen LogP contribution in [-0.2, 0) is 19.1 Å². The third-order valence-corrected chi connectivity index (χ3v) is 5.62. The van der Waals surface area contributed by atoms with Gasteiger partial charge in [-0.2, -0.15) is 0 Å². The molecule has 0 radical (unpaired) electrons. The number of fused-ring (bicyclic) bond motifs is 2. The van der Waals surface area contributed by atoms with Crippen LogP contribution in [-0.4, -0.2) is 18.0 Å². The number of carbonyl (C=O) groups is 2. The topological polar surface area (TPSA) is 52.6 Å². The van der Waals surface area contributed by atoms with Crippen molar-refractivity contribution in [2.75, 3.05) is 0 Å². The monoisotopic (exact) mass is 316 g/mol. The zero-order valence-electron chi connectivity index (χ0n) is 14.3. The molecule has 3 atom stereocenters. The Kier molecular flexibility index (Phi) is 3.95. The Bertz CT molecular complexity index is 652. The second-order valence-corrected chi connectivity index (χ2v) is 7.06. The minimum atomic E-state index is -0.243. The summed E-state index contributed by atoms with van der Waals surface area (Å²) in [7, 11) is 0. The number of hydrogen-bond acceptors (Lipinski definition) is 4. The Morgan fingerprint density at radius 3 is 2.91 bits per heavy atom. The Hall–Kier alpha value is -1.84. The first-order chi connectivity index (χ1) is 10.9. The Balaban J connectivity index is 1.89. The van der Waals surface area contributed by atoms with E-state index >= 15 is 0 Å². The number of esters is 2. The van der Waals surface area contributed by atoms with Gasteiger partial charge in [0.05, 0.1) is 0 Å². The molecule has 0 saturated heterocycles. The molecule has 0 aromatic carbocycles. The molecular weight excluding hydrogens is 292 g/mol. The number of allylic oxidation sites excluding steroid dienone is 3. The maximum Gasteiger partial charge on any atom is 0.339 e. The highest BCUT2D eigenvalue weighted by Crippen LogP contribution is 2.53. The Morgan fingerprint density at radius 1 is 1.48 bits per heavy atom. The summed E-state index contributed by atoms with van der Waals surface area (Å²) in [6, 6.07) is 0. The SMILES string of the molecule is CCCC(=O)O[C@H]1CC=C2C=C3OC(=O)C(C)=C3C[C@]2(C)[C@H]1C. The van der Waals surface area contributed by atoms with Gasteiger partial charge in [-0.05, 0) is 31.4 Å². The summed E-state index contributed by atoms with van der Waals surface area (Å²) in [5, 5.41) is 0. The van der Waals surface area contributed by atoms with E-state index in [0.29, 0.717) is 17.8 Å². The number of hydrogen-bond donors (Lipinski definition) is 0. The van der Waals surface area contributed by atoms with E-state index in [2.05, 4.69) is 19.9 Å². The molecule has 124 valence electrons. The zero-order chi connectivity index (χ0) is 16.8. The quantitative estimate of drug-likeness (QED) is 0.743. The predicted molar refractivity (Wildman–Crippen MR) is 86.3 cm³/mol. The van der Waals surface area contributed by atoms with Gasteiger partial charge in [-0.25, -0.2) is 4.79 Å². The second-order valence-electron chi connectivity index (χ2n) is 7.06. The second kappa shape index (κ2) is 5.66. The summed E-state index contributed by atoms with van der Waals surface area (Å²) in [6.07, 6.45) is 6.77. The highest BCUT2D eigenvalue weighted by atomic mass is 16.5. The third kappa shape index (κ3) is 2.54. The molecular formula is C19H24O4. The van der Waals surface area contributed by atoms with Crippen LogP contribution in [0.25, 0.3) is 0 Å². The summed E-state index contributed by atoms with van der Waals surface area (Å²) in [6.45, 7) is 8.14. The minimum Gasteiger partial charge on any atom is -0.462 e. The molecule has 1 heterocycles. The lowest BCUT2D eigenvalue weighted by Gasteiger charge is -2.46. The van der Waals surface area contributed by atoms with Crippen LogP contribution in [0.3, 0.4) is 0 Å². The van der Waals surface area contributed by atoms with E-state index in [0.717, 1.165) is 24.8 Å². The van der Waals surface area contributed by atoms with Crippen molar-refractivity contribution in [2.45, 2.75) is 59.5 Å². The fraction of sp³-hybridized carbons (Fsp3) is 0.579. The zero-order valence-corrected chi connectivity index (χ0v) is 14.3. The fourth-order valence-corrected chi connectivity index (χ4v) is 3.81. The van der Waals surface area contributed by atoms with E-state index in [1.165, 1.54) is 5.57 Å². The van der Waals surface area contributed by atoms with Gasteiger partial charge in [0.1, 0.15) is 11.9 Å². The molecule has 0 unspecified atom stereocenters. The van der Waals surface area contributed by atoms with Crippen LogP contribution in [0, 0.1) is 11.3 Å². The van der Waals surface area contributed by atoms with Crippen LogP contribution < -0.4 is 0 Å². The van der Waals surface area contributed by atoms with Gasteiger partial charge in [0, 0.05) is 35.3 Å². The van der Waals surface area contributed by atoms with Gasteiger partial charge in [0.15, 0.2) is 0 Å². The normalized spacial score (nSPS) is 32.6. The van der Waals surface area contributed by atoms with E-state index in [1.807, 2.05) is 19.9 Å². The standard InChI is InChI=1S/C19H24O4/c1-5-6-17(20)22-15-8-7-13-9-16-14(11(2)18(21)23-16)10-19(13,4)12(15)3/h7,9,12,15H,5-6,8,10H2,1-4H3/t12-,15-,19+/m0/s1. The molecule has 1 aliphatic heterocycles. The summed E-state index contributed by atoms with van der Waals surface area (Å²) in [5.41, 5.74) is 2.76. The average Bonchev–Trinajstić information content (AvgIpc) is 2.76. The Labute approximate surface area is 137 Å². The molecule has 23 heavy (non-hydrogen) atoms. The van der Waals surface area contributed by atoms with E-state index < -0.39 is 0 Å². The number of rotatable bonds is 3. The largest absolute Gasteiger partial charge is 0.462 e. The first-order valence-corrected chi connectivity index (χ1v) is 8.41. The van der Waals surface area contributed by atoms with Crippen molar-refractivity contribution in [3.8, 4) is 0 Å². The van der Waals surface area contributed by atoms with Crippen molar-refractivity contribution in [2.24, 2.45) is 11.3 Å². The third-order valence-electron chi connectivity index (χ3n) is 5.62. The molecule has 0 aromatic rings. The lowest BCUT2D eigenvalue weighted by atomic mass is 9.60. The van der Waals surface area contributed by atoms with Crippen LogP contribution >= 0.6 is 0 Å². The lowest BCUT2D eigenvalue weighted by Crippen LogP contribution is -2.42. The first kappa shape index (κ1) is 16.0. The van der Waals surface area contributed by atoms with Crippen molar-refractivity contribution < 1.29 is 19.1 Å². The molecule has 4 heteroatoms. The maximum atomic E-state index is 11.9. The van der Waals surface area contributed by atoms with Crippen molar-refractivity contribution in [1.29, 1.82) is 0 Å². The van der Waals surface area contributed by atoms with Crippen LogP contribution in [0.1, 0.15) is 53.4 Å². The van der Waals surface area contributed by atoms with Gasteiger partial charge in [-0.15, -0.1) is 0 Å². The molecule has 0 amide bonds. The molecule has 4 nitrogen and oxygen atoms in total. The molecule has 0 bridgehead atoms. The highest BCUT2D eigenvalue weighted by Gasteiger charge is 2.47. The lowest BCUT2D eigenvalue weighted by molar-refractivity contribution is -0.154. The van der Waals surface area contributed by atoms with Gasteiger partial charge in [-0.1, -0.05) is 26.8 Å². The average molecular weight is 316 g/mol. The Morgan fingerprint density at radius 2 is 2.22 bits per heavy atom. The molecule has 3 rings (SSSR count). The molecule has 0 saturated carbocycles. The predicted octanol–water partition coefficient (Wildman–Crippen LogP) is 3.83. The van der Waals surface area contributed by atoms with E-state index in [9.17, 15) is 9.59 Å². The van der Waals surface area contributed by atoms with Crippen LogP contribution in [0.5, 0.6) is 0 Å². The molecule has 0 N–H and O–H groups in total. The minimum absolute atomic E-state index is 0.100. The molecule has 0 spiro atoms. The molecule has 2 aliphatic carbocycles. The van der Waals surface area contributed by atoms with Crippen molar-refractivity contribution in [3.63, 3.8) is 0 Å². The summed E-state index contributed by atoms with van der Waals surface area (Å²) >= 11 is 0. The fourth-order valence-electron chi connectivity index (χ4n) is 3.81. The van der Waals surface area contributed by atoms with Gasteiger partial charge in [0.25, 0.3) is 0 Å². The van der Waals surface area contributed by atoms with Gasteiger partial charge >= 0.3 is 11.9 Å².